The van der Waals surface area contributed by atoms with Crippen LogP contribution in [-0.2, 0) is 18.8 Å². The summed E-state index contributed by atoms with van der Waals surface area (Å²) >= 11 is 0. The first-order chi connectivity index (χ1) is 8.46. The molecule has 1 atom stereocenters. The zero-order valence-corrected chi connectivity index (χ0v) is 13.8. The SMILES string of the molecule is Cc1ccc(S(=O)(=O)CN=S(=O)(Cl)C(C)(C)C)cc1. The molecule has 0 radical (unpaired) electrons. The number of benzene rings is 1. The fourth-order valence-corrected chi connectivity index (χ4v) is 3.69. The van der Waals surface area contributed by atoms with E-state index in [2.05, 4.69) is 4.36 Å². The van der Waals surface area contributed by atoms with Crippen LogP contribution in [0, 0.1) is 6.92 Å². The van der Waals surface area contributed by atoms with Gasteiger partial charge in [-0.05, 0) is 50.5 Å². The van der Waals surface area contributed by atoms with E-state index >= 15 is 0 Å². The average Bonchev–Trinajstić information content (AvgIpc) is 2.26. The van der Waals surface area contributed by atoms with Crippen molar-refractivity contribution in [3.63, 3.8) is 0 Å². The number of hydrogen-bond donors (Lipinski definition) is 0. The summed E-state index contributed by atoms with van der Waals surface area (Å²) in [6, 6.07) is 6.42. The van der Waals surface area contributed by atoms with Crippen molar-refractivity contribution < 1.29 is 12.6 Å². The van der Waals surface area contributed by atoms with E-state index in [9.17, 15) is 12.6 Å². The van der Waals surface area contributed by atoms with Gasteiger partial charge in [-0.15, -0.1) is 0 Å². The van der Waals surface area contributed by atoms with Crippen LogP contribution < -0.4 is 0 Å². The third-order valence-corrected chi connectivity index (χ3v) is 7.80. The van der Waals surface area contributed by atoms with Crippen LogP contribution in [0.15, 0.2) is 33.5 Å². The van der Waals surface area contributed by atoms with Crippen molar-refractivity contribution in [3.05, 3.63) is 29.8 Å². The van der Waals surface area contributed by atoms with Gasteiger partial charge in [-0.2, -0.15) is 0 Å². The molecule has 0 aliphatic heterocycles. The van der Waals surface area contributed by atoms with Crippen molar-refractivity contribution in [1.82, 2.24) is 0 Å². The van der Waals surface area contributed by atoms with Gasteiger partial charge in [0.25, 0.3) is 0 Å². The summed E-state index contributed by atoms with van der Waals surface area (Å²) in [5.74, 6) is -0.574. The maximum Gasteiger partial charge on any atom is 0.199 e. The molecule has 1 aromatic rings. The summed E-state index contributed by atoms with van der Waals surface area (Å²) in [7, 11) is -0.852. The second-order valence-corrected chi connectivity index (χ2v) is 10.9. The number of sulfone groups is 1. The van der Waals surface area contributed by atoms with Gasteiger partial charge in [0.2, 0.25) is 0 Å². The Balaban J connectivity index is 3.10. The summed E-state index contributed by atoms with van der Waals surface area (Å²) in [6.07, 6.45) is 0. The molecule has 0 amide bonds. The highest BCUT2D eigenvalue weighted by Gasteiger charge is 2.26. The summed E-state index contributed by atoms with van der Waals surface area (Å²) in [5.41, 5.74) is 0.965. The van der Waals surface area contributed by atoms with Crippen LogP contribution in [-0.4, -0.2) is 23.3 Å². The van der Waals surface area contributed by atoms with Crippen LogP contribution in [0.1, 0.15) is 26.3 Å². The Hall–Kier alpha value is -0.590. The standard InChI is InChI=1S/C12H18ClNO3S2/c1-10-5-7-11(8-6-10)18(15,16)9-14-19(13,17)12(2,3)4/h5-8H,9H2,1-4H3. The average molecular weight is 324 g/mol. The van der Waals surface area contributed by atoms with Crippen LogP contribution in [0.5, 0.6) is 0 Å². The summed E-state index contributed by atoms with van der Waals surface area (Å²) in [6.45, 7) is 6.84. The molecule has 0 aromatic heterocycles. The highest BCUT2D eigenvalue weighted by Crippen LogP contribution is 2.24. The first kappa shape index (κ1) is 16.5. The minimum Gasteiger partial charge on any atom is -0.233 e. The Labute approximate surface area is 119 Å². The molecule has 0 aliphatic carbocycles. The normalized spacial score (nSPS) is 15.8. The Kier molecular flexibility index (Phi) is 4.70. The van der Waals surface area contributed by atoms with Crippen LogP contribution in [0.2, 0.25) is 0 Å². The van der Waals surface area contributed by atoms with E-state index in [-0.39, 0.29) is 4.90 Å². The number of aryl methyl sites for hydroxylation is 1. The number of rotatable bonds is 3. The third-order valence-electron chi connectivity index (χ3n) is 2.52. The lowest BCUT2D eigenvalue weighted by Crippen LogP contribution is -2.23. The van der Waals surface area contributed by atoms with E-state index in [1.54, 1.807) is 32.9 Å². The summed E-state index contributed by atoms with van der Waals surface area (Å²) < 4.78 is 39.1. The Morgan fingerprint density at radius 2 is 1.58 bits per heavy atom. The zero-order chi connectivity index (χ0) is 14.9. The van der Waals surface area contributed by atoms with Gasteiger partial charge in [-0.3, -0.25) is 0 Å². The molecular weight excluding hydrogens is 306 g/mol. The highest BCUT2D eigenvalue weighted by atomic mass is 35.7. The minimum atomic E-state index is -3.60. The van der Waals surface area contributed by atoms with Gasteiger partial charge in [0.1, 0.15) is 8.94 Å². The molecular formula is C12H18ClNO3S2. The number of hydrogen-bond acceptors (Lipinski definition) is 4. The van der Waals surface area contributed by atoms with E-state index in [0.29, 0.717) is 0 Å². The van der Waals surface area contributed by atoms with E-state index in [0.717, 1.165) is 5.56 Å². The smallest absolute Gasteiger partial charge is 0.199 e. The van der Waals surface area contributed by atoms with Crippen molar-refractivity contribution >= 4 is 29.5 Å². The number of nitrogens with zero attached hydrogens (tertiary/aromatic N) is 1. The molecule has 0 saturated carbocycles. The van der Waals surface area contributed by atoms with Gasteiger partial charge in [0, 0.05) is 0 Å². The fourth-order valence-electron chi connectivity index (χ4n) is 1.15. The molecule has 0 fully saturated rings. The molecule has 0 aliphatic rings. The van der Waals surface area contributed by atoms with Crippen molar-refractivity contribution in [3.8, 4) is 0 Å². The predicted octanol–water partition coefficient (Wildman–Crippen LogP) is 3.15. The molecule has 1 aromatic carbocycles. The van der Waals surface area contributed by atoms with Crippen molar-refractivity contribution in [1.29, 1.82) is 0 Å². The van der Waals surface area contributed by atoms with Gasteiger partial charge in [-0.1, -0.05) is 17.7 Å². The Morgan fingerprint density at radius 1 is 1.11 bits per heavy atom. The maximum atomic E-state index is 12.1. The van der Waals surface area contributed by atoms with E-state index in [1.807, 2.05) is 6.92 Å². The van der Waals surface area contributed by atoms with E-state index in [4.69, 9.17) is 10.7 Å². The molecule has 0 N–H and O–H groups in total. The second kappa shape index (κ2) is 5.42. The first-order valence-electron chi connectivity index (χ1n) is 5.67. The lowest BCUT2D eigenvalue weighted by atomic mass is 10.2. The molecule has 1 rings (SSSR count). The van der Waals surface area contributed by atoms with Crippen LogP contribution in [0.25, 0.3) is 0 Å². The molecule has 1 unspecified atom stereocenters. The fraction of sp³-hybridized carbons (Fsp3) is 0.500. The van der Waals surface area contributed by atoms with Crippen molar-refractivity contribution in [2.75, 3.05) is 5.88 Å². The Morgan fingerprint density at radius 3 is 2.00 bits per heavy atom. The topological polar surface area (TPSA) is 63.6 Å². The molecule has 0 spiro atoms. The zero-order valence-electron chi connectivity index (χ0n) is 11.4. The van der Waals surface area contributed by atoms with Crippen LogP contribution in [0.3, 0.4) is 0 Å². The highest BCUT2D eigenvalue weighted by molar-refractivity contribution is 8.16. The summed E-state index contributed by atoms with van der Waals surface area (Å²) in [4.78, 5) is 0.155. The van der Waals surface area contributed by atoms with Crippen molar-refractivity contribution in [2.45, 2.75) is 37.3 Å². The van der Waals surface area contributed by atoms with Gasteiger partial charge in [0.15, 0.2) is 15.7 Å². The lowest BCUT2D eigenvalue weighted by molar-refractivity contribution is 0.596. The molecule has 0 heterocycles. The van der Waals surface area contributed by atoms with Gasteiger partial charge in [-0.25, -0.2) is 17.0 Å². The second-order valence-electron chi connectivity index (χ2n) is 5.26. The third kappa shape index (κ3) is 4.19. The van der Waals surface area contributed by atoms with E-state index < -0.39 is 29.4 Å². The van der Waals surface area contributed by atoms with Crippen LogP contribution >= 0.6 is 10.7 Å². The summed E-state index contributed by atoms with van der Waals surface area (Å²) in [5, 5.41) is 0. The number of halogens is 1. The van der Waals surface area contributed by atoms with Gasteiger partial charge in [0.05, 0.1) is 9.64 Å². The van der Waals surface area contributed by atoms with Gasteiger partial charge < -0.3 is 0 Å². The predicted molar refractivity (Wildman–Crippen MR) is 79.4 cm³/mol. The monoisotopic (exact) mass is 323 g/mol. The largest absolute Gasteiger partial charge is 0.233 e. The quantitative estimate of drug-likeness (QED) is 0.803. The lowest BCUT2D eigenvalue weighted by Gasteiger charge is -2.18. The molecule has 108 valence electrons. The van der Waals surface area contributed by atoms with Gasteiger partial charge >= 0.3 is 0 Å². The minimum absolute atomic E-state index is 0.155. The maximum absolute atomic E-state index is 12.1. The van der Waals surface area contributed by atoms with Crippen LogP contribution in [0.4, 0.5) is 0 Å². The van der Waals surface area contributed by atoms with Crippen molar-refractivity contribution in [2.24, 2.45) is 4.36 Å². The molecule has 0 bridgehead atoms. The first-order valence-corrected chi connectivity index (χ1v) is 9.66. The Bertz CT molecular complexity index is 664. The molecule has 0 saturated heterocycles. The molecule has 4 nitrogen and oxygen atoms in total. The molecule has 7 heteroatoms. The molecule has 19 heavy (non-hydrogen) atoms. The van der Waals surface area contributed by atoms with E-state index in [1.165, 1.54) is 12.1 Å².